The molecule has 1 aromatic carbocycles. The highest BCUT2D eigenvalue weighted by Crippen LogP contribution is 2.39. The Bertz CT molecular complexity index is 843. The molecular weight excluding hydrogens is 340 g/mol. The van der Waals surface area contributed by atoms with E-state index in [0.717, 1.165) is 16.7 Å². The quantitative estimate of drug-likeness (QED) is 0.592. The monoisotopic (exact) mass is 370 g/mol. The lowest BCUT2D eigenvalue weighted by molar-refractivity contribution is 0.0953. The zero-order chi connectivity index (χ0) is 20.6. The molecule has 0 atom stereocenters. The molecule has 5 nitrogen and oxygen atoms in total. The van der Waals surface area contributed by atoms with E-state index in [0.29, 0.717) is 22.8 Å². The lowest BCUT2D eigenvalue weighted by Crippen LogP contribution is -2.19. The number of hydrogen-bond acceptors (Lipinski definition) is 4. The Morgan fingerprint density at radius 2 is 1.56 bits per heavy atom. The van der Waals surface area contributed by atoms with Crippen LogP contribution >= 0.6 is 0 Å². The van der Waals surface area contributed by atoms with Crippen LogP contribution in [-0.2, 0) is 10.8 Å². The number of carbonyl (C=O) groups is 1. The first-order chi connectivity index (χ1) is 12.3. The van der Waals surface area contributed by atoms with Gasteiger partial charge in [0.15, 0.2) is 0 Å². The number of carbonyl (C=O) groups excluding carboxylic acids is 1. The molecule has 0 radical (unpaired) electrons. The number of amides is 1. The summed E-state index contributed by atoms with van der Waals surface area (Å²) in [5.41, 5.74) is 5.10. The van der Waals surface area contributed by atoms with Crippen molar-refractivity contribution in [2.75, 3.05) is 0 Å². The minimum Gasteiger partial charge on any atom is -0.507 e. The van der Waals surface area contributed by atoms with Gasteiger partial charge >= 0.3 is 0 Å². The van der Waals surface area contributed by atoms with Crippen molar-refractivity contribution in [3.05, 3.63) is 52.0 Å². The summed E-state index contributed by atoms with van der Waals surface area (Å²) in [6.07, 6.45) is 1.60. The van der Waals surface area contributed by atoms with Crippen LogP contribution in [0.5, 0.6) is 5.75 Å². The average Bonchev–Trinajstić information content (AvgIpc) is 2.85. The van der Waals surface area contributed by atoms with E-state index in [1.165, 1.54) is 0 Å². The van der Waals surface area contributed by atoms with Gasteiger partial charge in [-0.05, 0) is 48.4 Å². The minimum absolute atomic E-state index is 0.220. The number of phenolic OH excluding ortho intramolecular Hbond substituents is 1. The molecule has 0 saturated carbocycles. The third kappa shape index (κ3) is 4.79. The van der Waals surface area contributed by atoms with Gasteiger partial charge in [0.05, 0.1) is 11.8 Å². The number of hydrogen-bond donors (Lipinski definition) is 2. The Balaban J connectivity index is 2.34. The summed E-state index contributed by atoms with van der Waals surface area (Å²) < 4.78 is 5.38. The van der Waals surface area contributed by atoms with Crippen molar-refractivity contribution in [1.82, 2.24) is 5.43 Å². The third-order valence-electron chi connectivity index (χ3n) is 4.41. The molecule has 0 fully saturated rings. The van der Waals surface area contributed by atoms with Crippen molar-refractivity contribution >= 4 is 12.1 Å². The third-order valence-corrected chi connectivity index (χ3v) is 4.41. The highest BCUT2D eigenvalue weighted by atomic mass is 16.3. The fraction of sp³-hybridized carbons (Fsp3) is 0.455. The summed E-state index contributed by atoms with van der Waals surface area (Å²) in [7, 11) is 0. The summed E-state index contributed by atoms with van der Waals surface area (Å²) in [5.74, 6) is 1.26. The van der Waals surface area contributed by atoms with Crippen LogP contribution in [0.25, 0.3) is 0 Å². The van der Waals surface area contributed by atoms with Gasteiger partial charge in [-0.1, -0.05) is 41.5 Å². The lowest BCUT2D eigenvalue weighted by Gasteiger charge is -2.27. The highest BCUT2D eigenvalue weighted by Gasteiger charge is 2.26. The maximum atomic E-state index is 12.3. The molecule has 27 heavy (non-hydrogen) atoms. The second-order valence-electron chi connectivity index (χ2n) is 8.99. The topological polar surface area (TPSA) is 74.8 Å². The van der Waals surface area contributed by atoms with E-state index in [-0.39, 0.29) is 16.7 Å². The molecule has 0 spiro atoms. The van der Waals surface area contributed by atoms with Crippen molar-refractivity contribution < 1.29 is 14.3 Å². The van der Waals surface area contributed by atoms with Crippen molar-refractivity contribution in [3.8, 4) is 5.75 Å². The summed E-state index contributed by atoms with van der Waals surface area (Å²) in [4.78, 5) is 12.3. The number of aromatic hydroxyl groups is 1. The molecule has 1 aromatic heterocycles. The number of nitrogens with one attached hydrogen (secondary N) is 1. The second kappa shape index (κ2) is 7.22. The summed E-state index contributed by atoms with van der Waals surface area (Å²) >= 11 is 0. The van der Waals surface area contributed by atoms with Gasteiger partial charge < -0.3 is 9.52 Å². The van der Waals surface area contributed by atoms with Crippen LogP contribution in [0.2, 0.25) is 0 Å². The first kappa shape index (κ1) is 20.7. The van der Waals surface area contributed by atoms with Gasteiger partial charge in [-0.3, -0.25) is 4.79 Å². The zero-order valence-corrected chi connectivity index (χ0v) is 17.5. The number of benzene rings is 1. The molecule has 5 heteroatoms. The van der Waals surface area contributed by atoms with Crippen LogP contribution in [0.15, 0.2) is 27.7 Å². The Hall–Kier alpha value is -2.56. The number of rotatable bonds is 3. The van der Waals surface area contributed by atoms with Crippen molar-refractivity contribution in [2.24, 2.45) is 5.10 Å². The van der Waals surface area contributed by atoms with Gasteiger partial charge in [-0.2, -0.15) is 5.10 Å². The first-order valence-electron chi connectivity index (χ1n) is 9.09. The van der Waals surface area contributed by atoms with E-state index in [9.17, 15) is 9.90 Å². The van der Waals surface area contributed by atoms with E-state index in [4.69, 9.17) is 4.42 Å². The minimum atomic E-state index is -0.313. The molecule has 0 aliphatic heterocycles. The van der Waals surface area contributed by atoms with Gasteiger partial charge in [0.2, 0.25) is 0 Å². The average molecular weight is 370 g/mol. The van der Waals surface area contributed by atoms with E-state index in [2.05, 4.69) is 52.1 Å². The van der Waals surface area contributed by atoms with Gasteiger partial charge in [-0.15, -0.1) is 0 Å². The van der Waals surface area contributed by atoms with Crippen LogP contribution in [-0.4, -0.2) is 17.2 Å². The highest BCUT2D eigenvalue weighted by molar-refractivity contribution is 5.96. The second-order valence-corrected chi connectivity index (χ2v) is 8.99. The Morgan fingerprint density at radius 1 is 1.04 bits per heavy atom. The Labute approximate surface area is 161 Å². The van der Waals surface area contributed by atoms with Crippen LogP contribution in [0, 0.1) is 13.8 Å². The van der Waals surface area contributed by atoms with Crippen LogP contribution < -0.4 is 5.43 Å². The number of nitrogens with zero attached hydrogens (tertiary/aromatic N) is 1. The van der Waals surface area contributed by atoms with E-state index < -0.39 is 0 Å². The van der Waals surface area contributed by atoms with Gasteiger partial charge in [0.1, 0.15) is 17.3 Å². The molecule has 0 aliphatic rings. The summed E-state index contributed by atoms with van der Waals surface area (Å²) in [6.45, 7) is 15.9. The number of furan rings is 1. The van der Waals surface area contributed by atoms with Gasteiger partial charge in [0.25, 0.3) is 5.91 Å². The van der Waals surface area contributed by atoms with Crippen LogP contribution in [0.4, 0.5) is 0 Å². The maximum absolute atomic E-state index is 12.3. The molecular formula is C22H30N2O3. The molecule has 2 N–H and O–H groups in total. The Morgan fingerprint density at radius 3 is 1.96 bits per heavy atom. The molecule has 0 saturated heterocycles. The summed E-state index contributed by atoms with van der Waals surface area (Å²) in [5, 5.41) is 14.9. The van der Waals surface area contributed by atoms with Crippen molar-refractivity contribution in [2.45, 2.75) is 66.2 Å². The molecule has 0 aliphatic carbocycles. The maximum Gasteiger partial charge on any atom is 0.274 e. The van der Waals surface area contributed by atoms with Crippen molar-refractivity contribution in [3.63, 3.8) is 0 Å². The van der Waals surface area contributed by atoms with Crippen molar-refractivity contribution in [1.29, 1.82) is 0 Å². The molecule has 2 aromatic rings. The van der Waals surface area contributed by atoms with Crippen LogP contribution in [0.3, 0.4) is 0 Å². The van der Waals surface area contributed by atoms with Gasteiger partial charge in [0, 0.05) is 11.1 Å². The fourth-order valence-corrected chi connectivity index (χ4v) is 2.96. The molecule has 0 unspecified atom stereocenters. The molecule has 1 heterocycles. The normalized spacial score (nSPS) is 12.6. The summed E-state index contributed by atoms with van der Waals surface area (Å²) in [6, 6.07) is 5.51. The van der Waals surface area contributed by atoms with E-state index in [1.54, 1.807) is 26.1 Å². The number of phenols is 1. The van der Waals surface area contributed by atoms with E-state index in [1.807, 2.05) is 12.1 Å². The number of hydrazone groups is 1. The number of aryl methyl sites for hydroxylation is 2. The predicted molar refractivity (Wildman–Crippen MR) is 109 cm³/mol. The zero-order valence-electron chi connectivity index (χ0n) is 17.5. The van der Waals surface area contributed by atoms with Gasteiger partial charge in [-0.25, -0.2) is 5.43 Å². The first-order valence-corrected chi connectivity index (χ1v) is 9.09. The molecule has 1 amide bonds. The standard InChI is InChI=1S/C22H30N2O3/c1-13-9-16(14(2)27-13)20(26)24-23-12-15-10-17(21(3,4)5)19(25)18(11-15)22(6,7)8/h9-12,25H,1-8H3,(H,24,26)/b23-12-. The SMILES string of the molecule is Cc1cc(C(=O)N/N=C\c2cc(C(C)(C)C)c(O)c(C(C)(C)C)c2)c(C)o1. The largest absolute Gasteiger partial charge is 0.507 e. The van der Waals surface area contributed by atoms with Crippen LogP contribution in [0.1, 0.15) is 80.1 Å². The lowest BCUT2D eigenvalue weighted by atomic mass is 9.78. The smallest absolute Gasteiger partial charge is 0.274 e. The molecule has 146 valence electrons. The molecule has 2 rings (SSSR count). The fourth-order valence-electron chi connectivity index (χ4n) is 2.96. The molecule has 0 bridgehead atoms. The van der Waals surface area contributed by atoms with E-state index >= 15 is 0 Å². The predicted octanol–water partition coefficient (Wildman–Crippen LogP) is 4.96. The Kier molecular flexibility index (Phi) is 5.55.